The molecular formula is C31H27N3O5S. The summed E-state index contributed by atoms with van der Waals surface area (Å²) in [6.07, 6.45) is 1.95. The van der Waals surface area contributed by atoms with E-state index in [4.69, 9.17) is 14.2 Å². The summed E-state index contributed by atoms with van der Waals surface area (Å²) in [4.78, 5) is 36.0. The van der Waals surface area contributed by atoms with E-state index in [1.807, 2.05) is 66.3 Å². The van der Waals surface area contributed by atoms with Crippen molar-refractivity contribution in [2.24, 2.45) is 0 Å². The van der Waals surface area contributed by atoms with Crippen molar-refractivity contribution >= 4 is 34.4 Å². The zero-order chi connectivity index (χ0) is 27.6. The van der Waals surface area contributed by atoms with Crippen molar-refractivity contribution in [3.8, 4) is 10.4 Å². The number of carbonyl (C=O) groups excluding carboxylic acids is 2. The zero-order valence-corrected chi connectivity index (χ0v) is 22.8. The number of fused-ring (bicyclic) bond motifs is 1. The molecule has 3 aromatic heterocycles. The zero-order valence-electron chi connectivity index (χ0n) is 22.0. The standard InChI is InChI=1S/C31H27N3O5S/c1-19-5-9-21(10-6-19)30(35)37-17-25-24(39-31(36)22-11-7-20(2)8-12-22)16-27(38-25)34-18-33-28-23(13-14-32-29(28)34)26-4-3-15-40-26/h3-15,18,24-25,27H,16-17H2,1-2H3/t24-,25-,27-/m1/s1. The number of benzene rings is 2. The molecule has 40 heavy (non-hydrogen) atoms. The van der Waals surface area contributed by atoms with Gasteiger partial charge in [0.05, 0.1) is 17.5 Å². The summed E-state index contributed by atoms with van der Waals surface area (Å²) in [5.74, 6) is -0.927. The van der Waals surface area contributed by atoms with Gasteiger partial charge in [0.15, 0.2) is 5.65 Å². The first-order valence-corrected chi connectivity index (χ1v) is 13.9. The lowest BCUT2D eigenvalue weighted by Crippen LogP contribution is -2.32. The second-order valence-corrected chi connectivity index (χ2v) is 10.7. The molecule has 2 aromatic carbocycles. The number of nitrogens with zero attached hydrogens (tertiary/aromatic N) is 3. The monoisotopic (exact) mass is 553 g/mol. The summed E-state index contributed by atoms with van der Waals surface area (Å²) in [6.45, 7) is 3.83. The SMILES string of the molecule is Cc1ccc(C(=O)OC[C@H]2O[C@@H](n3cnc4c(-c5cccs5)ccnc43)C[C@H]2OC(=O)c2ccc(C)cc2)cc1. The van der Waals surface area contributed by atoms with Crippen LogP contribution in [0, 0.1) is 13.8 Å². The van der Waals surface area contributed by atoms with Gasteiger partial charge in [-0.25, -0.2) is 19.6 Å². The first-order valence-electron chi connectivity index (χ1n) is 13.0. The number of aromatic nitrogens is 3. The molecule has 6 rings (SSSR count). The van der Waals surface area contributed by atoms with Gasteiger partial charge >= 0.3 is 11.9 Å². The van der Waals surface area contributed by atoms with Crippen LogP contribution in [-0.2, 0) is 14.2 Å². The van der Waals surface area contributed by atoms with Crippen molar-refractivity contribution in [3.63, 3.8) is 0 Å². The number of hydrogen-bond acceptors (Lipinski definition) is 8. The van der Waals surface area contributed by atoms with Crippen LogP contribution in [0.1, 0.15) is 44.5 Å². The van der Waals surface area contributed by atoms with Gasteiger partial charge in [0.25, 0.3) is 0 Å². The number of aryl methyl sites for hydroxylation is 2. The Morgan fingerprint density at radius 2 is 1.65 bits per heavy atom. The highest BCUT2D eigenvalue weighted by atomic mass is 32.1. The van der Waals surface area contributed by atoms with E-state index in [2.05, 4.69) is 9.97 Å². The largest absolute Gasteiger partial charge is 0.459 e. The summed E-state index contributed by atoms with van der Waals surface area (Å²) in [7, 11) is 0. The van der Waals surface area contributed by atoms with Crippen LogP contribution in [0.3, 0.4) is 0 Å². The van der Waals surface area contributed by atoms with E-state index >= 15 is 0 Å². The number of imidazole rings is 1. The molecule has 8 nitrogen and oxygen atoms in total. The highest BCUT2D eigenvalue weighted by molar-refractivity contribution is 7.13. The van der Waals surface area contributed by atoms with E-state index in [9.17, 15) is 9.59 Å². The Labute approximate surface area is 235 Å². The minimum Gasteiger partial charge on any atom is -0.459 e. The minimum atomic E-state index is -0.674. The highest BCUT2D eigenvalue weighted by Gasteiger charge is 2.40. The number of esters is 2. The number of thiophene rings is 1. The van der Waals surface area contributed by atoms with E-state index in [1.165, 1.54) is 0 Å². The molecule has 3 atom stereocenters. The van der Waals surface area contributed by atoms with Gasteiger partial charge < -0.3 is 14.2 Å². The maximum atomic E-state index is 13.0. The van der Waals surface area contributed by atoms with Gasteiger partial charge in [0, 0.05) is 23.1 Å². The van der Waals surface area contributed by atoms with E-state index in [0.29, 0.717) is 23.2 Å². The molecule has 1 aliphatic rings. The summed E-state index contributed by atoms with van der Waals surface area (Å²) in [5.41, 5.74) is 5.39. The lowest BCUT2D eigenvalue weighted by Gasteiger charge is -2.19. The summed E-state index contributed by atoms with van der Waals surface area (Å²) >= 11 is 1.63. The van der Waals surface area contributed by atoms with Gasteiger partial charge in [-0.15, -0.1) is 11.3 Å². The van der Waals surface area contributed by atoms with Gasteiger partial charge in [-0.2, -0.15) is 0 Å². The fraction of sp³-hybridized carbons (Fsp3) is 0.226. The van der Waals surface area contributed by atoms with Crippen LogP contribution in [0.2, 0.25) is 0 Å². The molecule has 5 aromatic rings. The van der Waals surface area contributed by atoms with E-state index in [-0.39, 0.29) is 6.61 Å². The minimum absolute atomic E-state index is 0.0739. The van der Waals surface area contributed by atoms with Crippen molar-refractivity contribution < 1.29 is 23.8 Å². The number of carbonyl (C=O) groups is 2. The Kier molecular flexibility index (Phi) is 7.15. The molecule has 0 aliphatic carbocycles. The summed E-state index contributed by atoms with van der Waals surface area (Å²) < 4.78 is 19.7. The first-order chi connectivity index (χ1) is 19.5. The molecule has 1 saturated heterocycles. The van der Waals surface area contributed by atoms with Crippen LogP contribution in [0.25, 0.3) is 21.6 Å². The Morgan fingerprint density at radius 3 is 2.33 bits per heavy atom. The third-order valence-electron chi connectivity index (χ3n) is 6.95. The smallest absolute Gasteiger partial charge is 0.338 e. The third kappa shape index (κ3) is 5.25. The topological polar surface area (TPSA) is 92.5 Å². The summed E-state index contributed by atoms with van der Waals surface area (Å²) in [6, 6.07) is 20.3. The van der Waals surface area contributed by atoms with E-state index in [0.717, 1.165) is 27.1 Å². The van der Waals surface area contributed by atoms with Crippen molar-refractivity contribution in [2.75, 3.05) is 6.61 Å². The molecule has 0 unspecified atom stereocenters. The van der Waals surface area contributed by atoms with Crippen molar-refractivity contribution in [3.05, 3.63) is 107 Å². The van der Waals surface area contributed by atoms with Crippen LogP contribution < -0.4 is 0 Å². The van der Waals surface area contributed by atoms with Crippen molar-refractivity contribution in [1.29, 1.82) is 0 Å². The average Bonchev–Trinajstić information content (AvgIpc) is 3.72. The van der Waals surface area contributed by atoms with Crippen LogP contribution in [0.15, 0.2) is 84.6 Å². The van der Waals surface area contributed by atoms with Crippen molar-refractivity contribution in [1.82, 2.24) is 14.5 Å². The van der Waals surface area contributed by atoms with Crippen molar-refractivity contribution in [2.45, 2.75) is 38.7 Å². The van der Waals surface area contributed by atoms with E-state index < -0.39 is 30.4 Å². The molecule has 202 valence electrons. The first kappa shape index (κ1) is 25.9. The highest BCUT2D eigenvalue weighted by Crippen LogP contribution is 2.36. The second-order valence-electron chi connectivity index (χ2n) is 9.80. The molecule has 0 amide bonds. The van der Waals surface area contributed by atoms with Crippen LogP contribution in [0.4, 0.5) is 0 Å². The van der Waals surface area contributed by atoms with Gasteiger partial charge in [-0.3, -0.25) is 4.57 Å². The Balaban J connectivity index is 1.25. The maximum absolute atomic E-state index is 13.0. The molecule has 4 heterocycles. The molecule has 1 fully saturated rings. The molecule has 0 spiro atoms. The van der Waals surface area contributed by atoms with Crippen LogP contribution >= 0.6 is 11.3 Å². The van der Waals surface area contributed by atoms with Gasteiger partial charge in [-0.1, -0.05) is 41.5 Å². The Morgan fingerprint density at radius 1 is 0.950 bits per heavy atom. The van der Waals surface area contributed by atoms with Gasteiger partial charge in [-0.05, 0) is 55.6 Å². The third-order valence-corrected chi connectivity index (χ3v) is 7.85. The molecule has 0 radical (unpaired) electrons. The Hall–Kier alpha value is -4.34. The van der Waals surface area contributed by atoms with Gasteiger partial charge in [0.1, 0.15) is 30.6 Å². The predicted molar refractivity (Wildman–Crippen MR) is 151 cm³/mol. The number of hydrogen-bond donors (Lipinski definition) is 0. The molecule has 0 N–H and O–H groups in total. The second kappa shape index (κ2) is 11.0. The molecule has 1 aliphatic heterocycles. The molecule has 0 bridgehead atoms. The molecule has 9 heteroatoms. The number of ether oxygens (including phenoxy) is 3. The Bertz CT molecular complexity index is 1650. The van der Waals surface area contributed by atoms with E-state index in [1.54, 1.807) is 48.1 Å². The van der Waals surface area contributed by atoms with Gasteiger partial charge in [0.2, 0.25) is 0 Å². The van der Waals surface area contributed by atoms with Crippen LogP contribution in [-0.4, -0.2) is 45.3 Å². The van der Waals surface area contributed by atoms with Crippen LogP contribution in [0.5, 0.6) is 0 Å². The quantitative estimate of drug-likeness (QED) is 0.223. The number of pyridine rings is 1. The predicted octanol–water partition coefficient (Wildman–Crippen LogP) is 6.15. The fourth-order valence-corrected chi connectivity index (χ4v) is 5.50. The maximum Gasteiger partial charge on any atom is 0.338 e. The lowest BCUT2D eigenvalue weighted by atomic mass is 10.1. The summed E-state index contributed by atoms with van der Waals surface area (Å²) in [5, 5.41) is 2.02. The average molecular weight is 554 g/mol. The molecule has 0 saturated carbocycles. The molecular weight excluding hydrogens is 526 g/mol. The number of rotatable bonds is 7. The normalized spacial score (nSPS) is 18.6. The lowest BCUT2D eigenvalue weighted by molar-refractivity contribution is -0.0563. The fourth-order valence-electron chi connectivity index (χ4n) is 4.75.